The number of carbonyl (C=O) groups excluding carboxylic acids is 1. The maximum Gasteiger partial charge on any atom is 0.159 e. The van der Waals surface area contributed by atoms with E-state index in [4.69, 9.17) is 0 Å². The average molecular weight is 429 g/mol. The van der Waals surface area contributed by atoms with Crippen molar-refractivity contribution < 1.29 is 4.79 Å². The summed E-state index contributed by atoms with van der Waals surface area (Å²) in [7, 11) is 0. The van der Waals surface area contributed by atoms with Gasteiger partial charge in [0.2, 0.25) is 0 Å². The fourth-order valence-electron chi connectivity index (χ4n) is 3.28. The number of unbranched alkanes of at least 4 members (excludes halogenated alkanes) is 9. The van der Waals surface area contributed by atoms with Crippen molar-refractivity contribution in [2.45, 2.75) is 92.7 Å². The molecule has 2 rings (SSSR count). The Morgan fingerprint density at radius 3 is 1.62 bits per heavy atom. The second kappa shape index (κ2) is 14.7. The first-order chi connectivity index (χ1) is 14.2. The van der Waals surface area contributed by atoms with E-state index in [-0.39, 0.29) is 5.78 Å². The van der Waals surface area contributed by atoms with E-state index >= 15 is 0 Å². The molecule has 0 bridgehead atoms. The second-order valence-electron chi connectivity index (χ2n) is 7.68. The van der Waals surface area contributed by atoms with Gasteiger partial charge in [-0.3, -0.25) is 4.79 Å². The molecule has 1 nitrogen and oxygen atoms in total. The minimum Gasteiger partial charge on any atom is -0.295 e. The smallest absolute Gasteiger partial charge is 0.159 e. The lowest BCUT2D eigenvalue weighted by atomic mass is 10.1. The molecule has 0 radical (unpaired) electrons. The first-order valence-corrected chi connectivity index (χ1v) is 13.0. The van der Waals surface area contributed by atoms with Crippen LogP contribution >= 0.6 is 23.5 Å². The fourth-order valence-corrected chi connectivity index (χ4v) is 5.01. The van der Waals surface area contributed by atoms with E-state index < -0.39 is 0 Å². The van der Waals surface area contributed by atoms with Gasteiger partial charge < -0.3 is 0 Å². The molecule has 0 aromatic heterocycles. The summed E-state index contributed by atoms with van der Waals surface area (Å²) in [5.41, 5.74) is 0.771. The zero-order chi connectivity index (χ0) is 20.7. The first-order valence-electron chi connectivity index (χ1n) is 11.2. The first kappa shape index (κ1) is 24.1. The van der Waals surface area contributed by atoms with Gasteiger partial charge in [0, 0.05) is 20.2 Å². The molecular formula is C26H36OS2. The van der Waals surface area contributed by atoms with E-state index in [1.165, 1.54) is 84.6 Å². The van der Waals surface area contributed by atoms with Gasteiger partial charge >= 0.3 is 0 Å². The molecule has 0 amide bonds. The van der Waals surface area contributed by atoms with Crippen LogP contribution < -0.4 is 0 Å². The lowest BCUT2D eigenvalue weighted by Crippen LogP contribution is -1.90. The van der Waals surface area contributed by atoms with Gasteiger partial charge in [0.05, 0.1) is 0 Å². The molecule has 0 fully saturated rings. The largest absolute Gasteiger partial charge is 0.295 e. The van der Waals surface area contributed by atoms with E-state index in [0.29, 0.717) is 0 Å². The molecule has 0 spiro atoms. The maximum atomic E-state index is 11.4. The van der Waals surface area contributed by atoms with Crippen LogP contribution in [0.15, 0.2) is 63.2 Å². The standard InChI is InChI=1S/C26H36OS2/c1-3-4-5-6-7-8-9-10-11-12-21-28-24-17-19-26(20-18-24)29-25-15-13-23(14-16-25)22(2)27/h13-20H,3-12,21H2,1-2H3. The van der Waals surface area contributed by atoms with E-state index in [1.807, 2.05) is 36.0 Å². The minimum absolute atomic E-state index is 0.116. The third-order valence-corrected chi connectivity index (χ3v) is 7.20. The Morgan fingerprint density at radius 1 is 0.655 bits per heavy atom. The minimum atomic E-state index is 0.116. The monoisotopic (exact) mass is 428 g/mol. The third-order valence-electron chi connectivity index (χ3n) is 5.09. The summed E-state index contributed by atoms with van der Waals surface area (Å²) >= 11 is 3.71. The summed E-state index contributed by atoms with van der Waals surface area (Å²) in [6, 6.07) is 16.7. The number of rotatable bonds is 15. The Morgan fingerprint density at radius 2 is 1.10 bits per heavy atom. The number of Topliss-reactive ketones (excluding diaryl/α,β-unsaturated/α-hetero) is 1. The molecule has 0 saturated heterocycles. The molecule has 0 aliphatic carbocycles. The molecule has 0 N–H and O–H groups in total. The summed E-state index contributed by atoms with van der Waals surface area (Å²) in [4.78, 5) is 15.1. The average Bonchev–Trinajstić information content (AvgIpc) is 2.73. The predicted octanol–water partition coefficient (Wildman–Crippen LogP) is 9.05. The lowest BCUT2D eigenvalue weighted by Gasteiger charge is -2.05. The van der Waals surface area contributed by atoms with E-state index in [2.05, 4.69) is 31.2 Å². The van der Waals surface area contributed by atoms with Gasteiger partial charge in [-0.2, -0.15) is 0 Å². The summed E-state index contributed by atoms with van der Waals surface area (Å²) < 4.78 is 0. The highest BCUT2D eigenvalue weighted by Crippen LogP contribution is 2.30. The summed E-state index contributed by atoms with van der Waals surface area (Å²) in [6.45, 7) is 3.89. The normalized spacial score (nSPS) is 11.0. The molecule has 0 aliphatic heterocycles. The SMILES string of the molecule is CCCCCCCCCCCCSc1ccc(Sc2ccc(C(C)=O)cc2)cc1. The molecule has 2 aromatic rings. The van der Waals surface area contributed by atoms with Gasteiger partial charge in [0.15, 0.2) is 5.78 Å². The molecule has 0 heterocycles. The second-order valence-corrected chi connectivity index (χ2v) is 10.00. The quantitative estimate of drug-likeness (QED) is 0.160. The molecule has 2 aromatic carbocycles. The van der Waals surface area contributed by atoms with Crippen molar-refractivity contribution in [1.82, 2.24) is 0 Å². The zero-order valence-electron chi connectivity index (χ0n) is 18.1. The number of benzene rings is 2. The van der Waals surface area contributed by atoms with Gasteiger partial charge in [0.1, 0.15) is 0 Å². The molecule has 3 heteroatoms. The van der Waals surface area contributed by atoms with Crippen molar-refractivity contribution >= 4 is 29.3 Å². The van der Waals surface area contributed by atoms with Gasteiger partial charge in [-0.1, -0.05) is 88.6 Å². The summed E-state index contributed by atoms with van der Waals surface area (Å²) in [6.07, 6.45) is 14.0. The van der Waals surface area contributed by atoms with Crippen molar-refractivity contribution in [1.29, 1.82) is 0 Å². The van der Waals surface area contributed by atoms with Crippen LogP contribution in [-0.2, 0) is 0 Å². The Hall–Kier alpha value is -1.19. The molecule has 0 saturated carbocycles. The maximum absolute atomic E-state index is 11.4. The molecule has 0 atom stereocenters. The van der Waals surface area contributed by atoms with Crippen LogP contribution in [0.25, 0.3) is 0 Å². The fraction of sp³-hybridized carbons (Fsp3) is 0.500. The molecule has 158 valence electrons. The highest BCUT2D eigenvalue weighted by molar-refractivity contribution is 7.99. The Bertz CT molecular complexity index is 692. The van der Waals surface area contributed by atoms with Crippen LogP contribution in [-0.4, -0.2) is 11.5 Å². The topological polar surface area (TPSA) is 17.1 Å². The third kappa shape index (κ3) is 10.4. The van der Waals surface area contributed by atoms with Gasteiger partial charge in [-0.05, 0) is 55.5 Å². The Labute approximate surface area is 186 Å². The van der Waals surface area contributed by atoms with E-state index in [9.17, 15) is 4.79 Å². The van der Waals surface area contributed by atoms with Gasteiger partial charge in [0.25, 0.3) is 0 Å². The van der Waals surface area contributed by atoms with Gasteiger partial charge in [-0.15, -0.1) is 11.8 Å². The van der Waals surface area contributed by atoms with Crippen LogP contribution in [0.4, 0.5) is 0 Å². The lowest BCUT2D eigenvalue weighted by molar-refractivity contribution is 0.101. The molecule has 0 unspecified atom stereocenters. The Balaban J connectivity index is 1.56. The van der Waals surface area contributed by atoms with Crippen molar-refractivity contribution in [3.05, 3.63) is 54.1 Å². The number of carbonyl (C=O) groups is 1. The van der Waals surface area contributed by atoms with Crippen LogP contribution in [0.2, 0.25) is 0 Å². The molecular weight excluding hydrogens is 392 g/mol. The Kier molecular flexibility index (Phi) is 12.2. The zero-order valence-corrected chi connectivity index (χ0v) is 19.8. The van der Waals surface area contributed by atoms with Crippen molar-refractivity contribution in [2.24, 2.45) is 0 Å². The molecule has 29 heavy (non-hydrogen) atoms. The summed E-state index contributed by atoms with van der Waals surface area (Å²) in [5.74, 6) is 1.33. The van der Waals surface area contributed by atoms with Crippen LogP contribution in [0.3, 0.4) is 0 Å². The number of thioether (sulfide) groups is 1. The number of hydrogen-bond donors (Lipinski definition) is 0. The van der Waals surface area contributed by atoms with E-state index in [1.54, 1.807) is 18.7 Å². The van der Waals surface area contributed by atoms with Crippen LogP contribution in [0.5, 0.6) is 0 Å². The number of hydrogen-bond acceptors (Lipinski definition) is 3. The van der Waals surface area contributed by atoms with Crippen LogP contribution in [0, 0.1) is 0 Å². The van der Waals surface area contributed by atoms with Crippen molar-refractivity contribution in [3.63, 3.8) is 0 Å². The summed E-state index contributed by atoms with van der Waals surface area (Å²) in [5, 5.41) is 0. The predicted molar refractivity (Wildman–Crippen MR) is 130 cm³/mol. The van der Waals surface area contributed by atoms with E-state index in [0.717, 1.165) is 5.56 Å². The number of ketones is 1. The van der Waals surface area contributed by atoms with Crippen molar-refractivity contribution in [3.8, 4) is 0 Å². The van der Waals surface area contributed by atoms with Gasteiger partial charge in [-0.25, -0.2) is 0 Å². The van der Waals surface area contributed by atoms with Crippen molar-refractivity contribution in [2.75, 3.05) is 5.75 Å². The highest BCUT2D eigenvalue weighted by Gasteiger charge is 2.02. The molecule has 0 aliphatic rings. The highest BCUT2D eigenvalue weighted by atomic mass is 32.2. The van der Waals surface area contributed by atoms with Crippen LogP contribution in [0.1, 0.15) is 88.4 Å².